The molecule has 1 aromatic carbocycles. The van der Waals surface area contributed by atoms with E-state index in [0.717, 1.165) is 37.8 Å². The number of hydrogen-bond donors (Lipinski definition) is 1. The Morgan fingerprint density at radius 2 is 1.89 bits per heavy atom. The molecule has 2 nitrogen and oxygen atoms in total. The summed E-state index contributed by atoms with van der Waals surface area (Å²) in [6, 6.07) is 8.38. The first-order chi connectivity index (χ1) is 8.65. The molecule has 1 rings (SSSR count). The molecule has 0 heterocycles. The minimum Gasteiger partial charge on any atom is -0.494 e. The van der Waals surface area contributed by atoms with Crippen molar-refractivity contribution < 1.29 is 4.74 Å². The third kappa shape index (κ3) is 5.09. The van der Waals surface area contributed by atoms with Crippen LogP contribution in [0.15, 0.2) is 24.3 Å². The number of nitrogens with one attached hydrogen (secondary N) is 1. The fraction of sp³-hybridized carbons (Fsp3) is 0.625. The molecule has 0 aliphatic rings. The minimum atomic E-state index is 0.535. The lowest BCUT2D eigenvalue weighted by atomic mass is 9.97. The highest BCUT2D eigenvalue weighted by atomic mass is 16.5. The first kappa shape index (κ1) is 15.0. The maximum atomic E-state index is 5.68. The number of benzene rings is 1. The maximum Gasteiger partial charge on any atom is 0.122 e. The molecule has 0 saturated carbocycles. The third-order valence-corrected chi connectivity index (χ3v) is 3.06. The number of rotatable bonds is 8. The van der Waals surface area contributed by atoms with Gasteiger partial charge in [-0.1, -0.05) is 39.0 Å². The highest BCUT2D eigenvalue weighted by molar-refractivity contribution is 5.35. The van der Waals surface area contributed by atoms with Gasteiger partial charge in [0, 0.05) is 0 Å². The van der Waals surface area contributed by atoms with E-state index in [2.05, 4.69) is 44.3 Å². The summed E-state index contributed by atoms with van der Waals surface area (Å²) in [4.78, 5) is 0. The molecular weight excluding hydrogens is 222 g/mol. The Bertz CT molecular complexity index is 336. The van der Waals surface area contributed by atoms with Gasteiger partial charge in [0.15, 0.2) is 0 Å². The van der Waals surface area contributed by atoms with E-state index in [1.807, 2.05) is 13.0 Å². The quantitative estimate of drug-likeness (QED) is 0.707. The van der Waals surface area contributed by atoms with Gasteiger partial charge >= 0.3 is 0 Å². The van der Waals surface area contributed by atoms with Crippen LogP contribution in [0, 0.1) is 5.92 Å². The average molecular weight is 249 g/mol. The van der Waals surface area contributed by atoms with Gasteiger partial charge in [-0.15, -0.1) is 0 Å². The van der Waals surface area contributed by atoms with Gasteiger partial charge in [0.25, 0.3) is 0 Å². The van der Waals surface area contributed by atoms with Gasteiger partial charge in [-0.2, -0.15) is 0 Å². The van der Waals surface area contributed by atoms with Crippen molar-refractivity contribution in [2.45, 2.75) is 40.0 Å². The van der Waals surface area contributed by atoms with Crippen LogP contribution in [0.4, 0.5) is 0 Å². The van der Waals surface area contributed by atoms with Crippen LogP contribution in [-0.4, -0.2) is 19.7 Å². The Morgan fingerprint density at radius 1 is 1.17 bits per heavy atom. The Balaban J connectivity index is 2.47. The van der Waals surface area contributed by atoms with Crippen molar-refractivity contribution in [2.24, 2.45) is 5.92 Å². The lowest BCUT2D eigenvalue weighted by Crippen LogP contribution is -2.21. The van der Waals surface area contributed by atoms with E-state index in [1.165, 1.54) is 5.56 Å². The van der Waals surface area contributed by atoms with E-state index in [4.69, 9.17) is 4.74 Å². The highest BCUT2D eigenvalue weighted by Crippen LogP contribution is 2.28. The van der Waals surface area contributed by atoms with Crippen LogP contribution in [0.5, 0.6) is 5.75 Å². The summed E-state index contributed by atoms with van der Waals surface area (Å²) < 4.78 is 5.68. The zero-order valence-corrected chi connectivity index (χ0v) is 12.2. The van der Waals surface area contributed by atoms with Gasteiger partial charge in [-0.05, 0) is 49.9 Å². The molecule has 1 unspecified atom stereocenters. The fourth-order valence-corrected chi connectivity index (χ4v) is 2.04. The SMILES string of the molecule is CCOc1ccccc1C(C)CCNCC(C)C. The molecular formula is C16H27NO. The van der Waals surface area contributed by atoms with Crippen LogP contribution in [0.25, 0.3) is 0 Å². The molecule has 0 aliphatic heterocycles. The molecule has 0 bridgehead atoms. The van der Waals surface area contributed by atoms with Crippen molar-refractivity contribution in [3.63, 3.8) is 0 Å². The van der Waals surface area contributed by atoms with Crippen molar-refractivity contribution in [2.75, 3.05) is 19.7 Å². The molecule has 0 aliphatic carbocycles. The van der Waals surface area contributed by atoms with Gasteiger partial charge in [0.2, 0.25) is 0 Å². The van der Waals surface area contributed by atoms with E-state index in [-0.39, 0.29) is 0 Å². The number of para-hydroxylation sites is 1. The largest absolute Gasteiger partial charge is 0.494 e. The van der Waals surface area contributed by atoms with Crippen LogP contribution in [0.3, 0.4) is 0 Å². The Hall–Kier alpha value is -1.02. The molecule has 0 spiro atoms. The predicted molar refractivity (Wildman–Crippen MR) is 78.4 cm³/mol. The highest BCUT2D eigenvalue weighted by Gasteiger charge is 2.10. The molecule has 0 radical (unpaired) electrons. The van der Waals surface area contributed by atoms with Crippen molar-refractivity contribution >= 4 is 0 Å². The second kappa shape index (κ2) is 8.15. The van der Waals surface area contributed by atoms with Crippen LogP contribution >= 0.6 is 0 Å². The third-order valence-electron chi connectivity index (χ3n) is 3.06. The summed E-state index contributed by atoms with van der Waals surface area (Å²) in [5, 5.41) is 3.50. The Morgan fingerprint density at radius 3 is 2.56 bits per heavy atom. The smallest absolute Gasteiger partial charge is 0.122 e. The molecule has 102 valence electrons. The van der Waals surface area contributed by atoms with Gasteiger partial charge in [-0.3, -0.25) is 0 Å². The van der Waals surface area contributed by atoms with Gasteiger partial charge in [0.05, 0.1) is 6.61 Å². The molecule has 2 heteroatoms. The first-order valence-corrected chi connectivity index (χ1v) is 7.07. The van der Waals surface area contributed by atoms with E-state index in [0.29, 0.717) is 5.92 Å². The molecule has 1 N–H and O–H groups in total. The monoisotopic (exact) mass is 249 g/mol. The van der Waals surface area contributed by atoms with Gasteiger partial charge in [0.1, 0.15) is 5.75 Å². The van der Waals surface area contributed by atoms with Crippen molar-refractivity contribution in [1.29, 1.82) is 0 Å². The Labute approximate surface area is 112 Å². The second-order valence-electron chi connectivity index (χ2n) is 5.26. The summed E-state index contributed by atoms with van der Waals surface area (Å²) in [5.41, 5.74) is 1.32. The van der Waals surface area contributed by atoms with Gasteiger partial charge < -0.3 is 10.1 Å². The number of hydrogen-bond acceptors (Lipinski definition) is 2. The molecule has 1 aromatic rings. The van der Waals surface area contributed by atoms with Crippen LogP contribution in [0.2, 0.25) is 0 Å². The van der Waals surface area contributed by atoms with E-state index >= 15 is 0 Å². The predicted octanol–water partition coefficient (Wildman–Crippen LogP) is 3.82. The maximum absolute atomic E-state index is 5.68. The van der Waals surface area contributed by atoms with E-state index in [9.17, 15) is 0 Å². The summed E-state index contributed by atoms with van der Waals surface area (Å²) in [7, 11) is 0. The van der Waals surface area contributed by atoms with Crippen molar-refractivity contribution in [3.05, 3.63) is 29.8 Å². The zero-order chi connectivity index (χ0) is 13.4. The fourth-order valence-electron chi connectivity index (χ4n) is 2.04. The van der Waals surface area contributed by atoms with Gasteiger partial charge in [-0.25, -0.2) is 0 Å². The summed E-state index contributed by atoms with van der Waals surface area (Å²) in [6.07, 6.45) is 1.15. The van der Waals surface area contributed by atoms with Crippen LogP contribution in [-0.2, 0) is 0 Å². The van der Waals surface area contributed by atoms with E-state index in [1.54, 1.807) is 0 Å². The van der Waals surface area contributed by atoms with Crippen molar-refractivity contribution in [1.82, 2.24) is 5.32 Å². The molecule has 18 heavy (non-hydrogen) atoms. The topological polar surface area (TPSA) is 21.3 Å². The Kier molecular flexibility index (Phi) is 6.81. The average Bonchev–Trinajstić information content (AvgIpc) is 2.35. The number of ether oxygens (including phenoxy) is 1. The standard InChI is InChI=1S/C16H27NO/c1-5-18-16-9-7-6-8-15(16)14(4)10-11-17-12-13(2)3/h6-9,13-14,17H,5,10-12H2,1-4H3. The zero-order valence-electron chi connectivity index (χ0n) is 12.2. The summed E-state index contributed by atoms with van der Waals surface area (Å²) in [5.74, 6) is 2.29. The summed E-state index contributed by atoms with van der Waals surface area (Å²) >= 11 is 0. The molecule has 0 saturated heterocycles. The lowest BCUT2D eigenvalue weighted by molar-refractivity contribution is 0.334. The molecule has 1 atom stereocenters. The first-order valence-electron chi connectivity index (χ1n) is 7.07. The van der Waals surface area contributed by atoms with Crippen LogP contribution in [0.1, 0.15) is 45.6 Å². The lowest BCUT2D eigenvalue weighted by Gasteiger charge is -2.17. The van der Waals surface area contributed by atoms with Crippen molar-refractivity contribution in [3.8, 4) is 5.75 Å². The second-order valence-corrected chi connectivity index (χ2v) is 5.26. The molecule has 0 fully saturated rings. The normalized spacial score (nSPS) is 12.7. The molecule has 0 aromatic heterocycles. The van der Waals surface area contributed by atoms with Crippen LogP contribution < -0.4 is 10.1 Å². The molecule has 0 amide bonds. The summed E-state index contributed by atoms with van der Waals surface area (Å²) in [6.45, 7) is 11.7. The van der Waals surface area contributed by atoms with E-state index < -0.39 is 0 Å². The minimum absolute atomic E-state index is 0.535.